The lowest BCUT2D eigenvalue weighted by Crippen LogP contribution is -2.43. The van der Waals surface area contributed by atoms with E-state index in [0.29, 0.717) is 6.61 Å². The zero-order valence-corrected chi connectivity index (χ0v) is 11.9. The summed E-state index contributed by atoms with van der Waals surface area (Å²) in [4.78, 5) is 0. The van der Waals surface area contributed by atoms with Crippen LogP contribution in [-0.2, 0) is 4.74 Å². The molecule has 102 valence electrons. The third kappa shape index (κ3) is 3.03. The van der Waals surface area contributed by atoms with Crippen LogP contribution in [0.3, 0.4) is 0 Å². The molecule has 1 unspecified atom stereocenters. The Bertz CT molecular complexity index is 361. The van der Waals surface area contributed by atoms with Gasteiger partial charge in [0.2, 0.25) is 0 Å². The Balaban J connectivity index is 3.04. The summed E-state index contributed by atoms with van der Waals surface area (Å²) in [7, 11) is 1.67. The first-order valence-corrected chi connectivity index (χ1v) is 6.67. The van der Waals surface area contributed by atoms with Crippen LogP contribution in [0.25, 0.3) is 0 Å². The highest BCUT2D eigenvalue weighted by Gasteiger charge is 2.35. The Morgan fingerprint density at radius 2 is 1.89 bits per heavy atom. The molecule has 1 rings (SSSR count). The number of hydrogen-bond acceptors (Lipinski definition) is 3. The third-order valence-corrected chi connectivity index (χ3v) is 3.65. The van der Waals surface area contributed by atoms with Gasteiger partial charge in [-0.3, -0.25) is 0 Å². The number of rotatable bonds is 7. The van der Waals surface area contributed by atoms with Gasteiger partial charge in [0.25, 0.3) is 0 Å². The Morgan fingerprint density at radius 3 is 2.39 bits per heavy atom. The quantitative estimate of drug-likeness (QED) is 0.808. The van der Waals surface area contributed by atoms with Crippen LogP contribution < -0.4 is 10.5 Å². The van der Waals surface area contributed by atoms with Gasteiger partial charge in [0.05, 0.1) is 18.8 Å². The fraction of sp³-hybridized carbons (Fsp3) is 0.600. The van der Waals surface area contributed by atoms with Gasteiger partial charge in [0.1, 0.15) is 5.75 Å². The predicted molar refractivity (Wildman–Crippen MR) is 74.9 cm³/mol. The summed E-state index contributed by atoms with van der Waals surface area (Å²) < 4.78 is 11.2. The Labute approximate surface area is 110 Å². The number of hydrogen-bond donors (Lipinski definition) is 1. The third-order valence-electron chi connectivity index (χ3n) is 3.65. The fourth-order valence-electron chi connectivity index (χ4n) is 2.41. The molecule has 0 radical (unpaired) electrons. The van der Waals surface area contributed by atoms with Crippen molar-refractivity contribution < 1.29 is 9.47 Å². The van der Waals surface area contributed by atoms with Crippen LogP contribution in [0.4, 0.5) is 0 Å². The van der Waals surface area contributed by atoms with E-state index in [-0.39, 0.29) is 11.6 Å². The summed E-state index contributed by atoms with van der Waals surface area (Å²) in [6.07, 6.45) is 1.80. The van der Waals surface area contributed by atoms with Gasteiger partial charge in [-0.05, 0) is 37.5 Å². The van der Waals surface area contributed by atoms with Crippen molar-refractivity contribution >= 4 is 0 Å². The van der Waals surface area contributed by atoms with Crippen molar-refractivity contribution in [1.82, 2.24) is 0 Å². The van der Waals surface area contributed by atoms with Gasteiger partial charge in [0.15, 0.2) is 0 Å². The average molecular weight is 251 g/mol. The summed E-state index contributed by atoms with van der Waals surface area (Å²) in [6.45, 7) is 6.94. The van der Waals surface area contributed by atoms with E-state index in [1.807, 2.05) is 31.2 Å². The number of ether oxygens (including phenoxy) is 2. The van der Waals surface area contributed by atoms with Gasteiger partial charge in [-0.1, -0.05) is 26.0 Å². The molecule has 1 atom stereocenters. The summed E-state index contributed by atoms with van der Waals surface area (Å²) in [5, 5.41) is 0. The van der Waals surface area contributed by atoms with Gasteiger partial charge >= 0.3 is 0 Å². The van der Waals surface area contributed by atoms with Crippen LogP contribution in [0.5, 0.6) is 5.75 Å². The molecule has 0 amide bonds. The lowest BCUT2D eigenvalue weighted by Gasteiger charge is -2.37. The van der Waals surface area contributed by atoms with Crippen molar-refractivity contribution in [3.05, 3.63) is 29.8 Å². The van der Waals surface area contributed by atoms with Crippen molar-refractivity contribution in [1.29, 1.82) is 0 Å². The van der Waals surface area contributed by atoms with Crippen LogP contribution in [0.2, 0.25) is 0 Å². The van der Waals surface area contributed by atoms with Crippen LogP contribution in [0.1, 0.15) is 45.2 Å². The maximum Gasteiger partial charge on any atom is 0.119 e. The molecule has 1 aromatic carbocycles. The molecule has 0 aromatic heterocycles. The first-order valence-electron chi connectivity index (χ1n) is 6.67. The van der Waals surface area contributed by atoms with Gasteiger partial charge in [-0.25, -0.2) is 0 Å². The van der Waals surface area contributed by atoms with Crippen LogP contribution >= 0.6 is 0 Å². The van der Waals surface area contributed by atoms with Crippen LogP contribution in [0.15, 0.2) is 24.3 Å². The lowest BCUT2D eigenvalue weighted by atomic mass is 9.84. The van der Waals surface area contributed by atoms with Gasteiger partial charge in [-0.2, -0.15) is 0 Å². The molecular formula is C15H25NO2. The SMILES string of the molecule is CCOC(CC)(CC)C(N)c1cccc(OC)c1. The van der Waals surface area contributed by atoms with E-state index in [1.165, 1.54) is 0 Å². The second kappa shape index (κ2) is 6.76. The van der Waals surface area contributed by atoms with E-state index in [1.54, 1.807) is 7.11 Å². The summed E-state index contributed by atoms with van der Waals surface area (Å²) >= 11 is 0. The molecule has 0 bridgehead atoms. The van der Waals surface area contributed by atoms with Crippen molar-refractivity contribution in [2.24, 2.45) is 5.73 Å². The van der Waals surface area contributed by atoms with Crippen LogP contribution in [0, 0.1) is 0 Å². The summed E-state index contributed by atoms with van der Waals surface area (Å²) in [6, 6.07) is 7.78. The zero-order chi connectivity index (χ0) is 13.6. The topological polar surface area (TPSA) is 44.5 Å². The molecule has 0 heterocycles. The minimum absolute atomic E-state index is 0.137. The fourth-order valence-corrected chi connectivity index (χ4v) is 2.41. The molecule has 0 aliphatic carbocycles. The molecule has 3 heteroatoms. The molecular weight excluding hydrogens is 226 g/mol. The maximum atomic E-state index is 6.42. The molecule has 0 aliphatic rings. The molecule has 2 N–H and O–H groups in total. The molecule has 0 saturated heterocycles. The summed E-state index contributed by atoms with van der Waals surface area (Å²) in [5.74, 6) is 0.834. The maximum absolute atomic E-state index is 6.42. The van der Waals surface area contributed by atoms with E-state index in [4.69, 9.17) is 15.2 Å². The highest BCUT2D eigenvalue weighted by Crippen LogP contribution is 2.34. The second-order valence-electron chi connectivity index (χ2n) is 4.46. The van der Waals surface area contributed by atoms with Crippen LogP contribution in [-0.4, -0.2) is 19.3 Å². The largest absolute Gasteiger partial charge is 0.497 e. The van der Waals surface area contributed by atoms with Gasteiger partial charge in [0, 0.05) is 6.61 Å². The molecule has 0 saturated carbocycles. The molecule has 0 fully saturated rings. The molecule has 1 aromatic rings. The minimum atomic E-state index is -0.291. The molecule has 18 heavy (non-hydrogen) atoms. The van der Waals surface area contributed by atoms with Crippen molar-refractivity contribution in [2.75, 3.05) is 13.7 Å². The van der Waals surface area contributed by atoms with Crippen molar-refractivity contribution in [3.63, 3.8) is 0 Å². The Morgan fingerprint density at radius 1 is 1.22 bits per heavy atom. The minimum Gasteiger partial charge on any atom is -0.497 e. The van der Waals surface area contributed by atoms with E-state index in [9.17, 15) is 0 Å². The first-order chi connectivity index (χ1) is 8.63. The molecule has 0 spiro atoms. The monoisotopic (exact) mass is 251 g/mol. The van der Waals surface area contributed by atoms with Crippen molar-refractivity contribution in [3.8, 4) is 5.75 Å². The van der Waals surface area contributed by atoms with E-state index in [2.05, 4.69) is 13.8 Å². The van der Waals surface area contributed by atoms with E-state index < -0.39 is 0 Å². The van der Waals surface area contributed by atoms with Crippen molar-refractivity contribution in [2.45, 2.75) is 45.3 Å². The molecule has 0 aliphatic heterocycles. The number of methoxy groups -OCH3 is 1. The smallest absolute Gasteiger partial charge is 0.119 e. The Hall–Kier alpha value is -1.06. The zero-order valence-electron chi connectivity index (χ0n) is 11.9. The van der Waals surface area contributed by atoms with Gasteiger partial charge < -0.3 is 15.2 Å². The van der Waals surface area contributed by atoms with E-state index >= 15 is 0 Å². The summed E-state index contributed by atoms with van der Waals surface area (Å²) in [5.41, 5.74) is 7.20. The molecule has 3 nitrogen and oxygen atoms in total. The average Bonchev–Trinajstić information content (AvgIpc) is 2.44. The second-order valence-corrected chi connectivity index (χ2v) is 4.46. The lowest BCUT2D eigenvalue weighted by molar-refractivity contribution is -0.0646. The standard InChI is InChI=1S/C15H25NO2/c1-5-15(6-2,18-7-3)14(16)12-9-8-10-13(11-12)17-4/h8-11,14H,5-7,16H2,1-4H3. The predicted octanol–water partition coefficient (Wildman–Crippen LogP) is 3.29. The van der Waals surface area contributed by atoms with E-state index in [0.717, 1.165) is 24.2 Å². The number of nitrogens with two attached hydrogens (primary N) is 1. The highest BCUT2D eigenvalue weighted by molar-refractivity contribution is 5.31. The highest BCUT2D eigenvalue weighted by atomic mass is 16.5. The number of benzene rings is 1. The van der Waals surface area contributed by atoms with Gasteiger partial charge in [-0.15, -0.1) is 0 Å². The first kappa shape index (κ1) is 15.0. The normalized spacial score (nSPS) is 13.4. The Kier molecular flexibility index (Phi) is 5.63.